The average Bonchev–Trinajstić information content (AvgIpc) is 3.19. The Hall–Kier alpha value is -1.06. The summed E-state index contributed by atoms with van der Waals surface area (Å²) in [6, 6.07) is 6.84. The van der Waals surface area contributed by atoms with Crippen molar-refractivity contribution in [1.82, 2.24) is 5.32 Å². The van der Waals surface area contributed by atoms with Gasteiger partial charge in [-0.15, -0.1) is 0 Å². The number of methoxy groups -OCH3 is 1. The van der Waals surface area contributed by atoms with Crippen molar-refractivity contribution in [2.24, 2.45) is 5.92 Å². The van der Waals surface area contributed by atoms with Gasteiger partial charge in [0.15, 0.2) is 0 Å². The summed E-state index contributed by atoms with van der Waals surface area (Å²) < 4.78 is 11.7. The molecule has 1 heterocycles. The van der Waals surface area contributed by atoms with Crippen LogP contribution in [0.4, 0.5) is 0 Å². The maximum Gasteiger partial charge on any atom is 0.119 e. The molecular formula is C15H19NO2. The summed E-state index contributed by atoms with van der Waals surface area (Å²) in [5.74, 6) is 1.74. The van der Waals surface area contributed by atoms with E-state index in [0.29, 0.717) is 12.1 Å². The molecule has 3 aliphatic rings. The number of benzene rings is 1. The first-order chi connectivity index (χ1) is 8.85. The zero-order chi connectivity index (χ0) is 12.1. The molecule has 3 nitrogen and oxygen atoms in total. The van der Waals surface area contributed by atoms with Crippen LogP contribution in [-0.2, 0) is 11.2 Å². The summed E-state index contributed by atoms with van der Waals surface area (Å²) in [7, 11) is 1.72. The number of rotatable bonds is 2. The number of fused-ring (bicyclic) bond motifs is 3. The molecule has 0 amide bonds. The molecule has 1 saturated heterocycles. The van der Waals surface area contributed by atoms with E-state index in [-0.39, 0.29) is 6.10 Å². The van der Waals surface area contributed by atoms with Crippen LogP contribution >= 0.6 is 0 Å². The van der Waals surface area contributed by atoms with Crippen LogP contribution in [0.15, 0.2) is 18.2 Å². The molecule has 1 saturated carbocycles. The number of ether oxygens (including phenoxy) is 2. The molecule has 0 radical (unpaired) electrons. The minimum absolute atomic E-state index is 0.231. The fourth-order valence-corrected chi connectivity index (χ4v) is 3.31. The number of hydrogen-bond acceptors (Lipinski definition) is 3. The third-order valence-corrected chi connectivity index (χ3v) is 4.52. The Balaban J connectivity index is 1.63. The first-order valence-electron chi connectivity index (χ1n) is 6.91. The second kappa shape index (κ2) is 3.97. The van der Waals surface area contributed by atoms with E-state index >= 15 is 0 Å². The lowest BCUT2D eigenvalue weighted by molar-refractivity contribution is -0.0678. The molecule has 2 aliphatic carbocycles. The van der Waals surface area contributed by atoms with Crippen LogP contribution in [0.25, 0.3) is 0 Å². The molecule has 3 unspecified atom stereocenters. The fraction of sp³-hybridized carbons (Fsp3) is 0.600. The van der Waals surface area contributed by atoms with Crippen molar-refractivity contribution in [1.29, 1.82) is 0 Å². The van der Waals surface area contributed by atoms with Gasteiger partial charge in [0.05, 0.1) is 19.3 Å². The lowest BCUT2D eigenvalue weighted by atomic mass is 10.1. The van der Waals surface area contributed by atoms with Crippen LogP contribution in [-0.4, -0.2) is 25.8 Å². The van der Waals surface area contributed by atoms with Gasteiger partial charge in [-0.3, -0.25) is 0 Å². The van der Waals surface area contributed by atoms with Gasteiger partial charge < -0.3 is 14.8 Å². The monoisotopic (exact) mass is 245 g/mol. The van der Waals surface area contributed by atoms with Gasteiger partial charge in [0.25, 0.3) is 0 Å². The zero-order valence-corrected chi connectivity index (χ0v) is 10.7. The highest BCUT2D eigenvalue weighted by Gasteiger charge is 2.43. The molecule has 3 atom stereocenters. The maximum atomic E-state index is 6.34. The van der Waals surface area contributed by atoms with Crippen LogP contribution < -0.4 is 10.1 Å². The summed E-state index contributed by atoms with van der Waals surface area (Å²) >= 11 is 0. The van der Waals surface area contributed by atoms with Gasteiger partial charge >= 0.3 is 0 Å². The van der Waals surface area contributed by atoms with E-state index in [1.807, 2.05) is 0 Å². The minimum atomic E-state index is 0.231. The molecule has 4 rings (SSSR count). The number of morpholine rings is 1. The molecule has 18 heavy (non-hydrogen) atoms. The van der Waals surface area contributed by atoms with Crippen LogP contribution in [0, 0.1) is 5.92 Å². The molecule has 3 heteroatoms. The molecule has 1 aliphatic heterocycles. The summed E-state index contributed by atoms with van der Waals surface area (Å²) in [6.07, 6.45) is 4.42. The predicted molar refractivity (Wildman–Crippen MR) is 68.8 cm³/mol. The number of nitrogens with one attached hydrogen (secondary N) is 1. The topological polar surface area (TPSA) is 30.5 Å². The van der Waals surface area contributed by atoms with Crippen molar-refractivity contribution in [2.75, 3.05) is 13.7 Å². The van der Waals surface area contributed by atoms with Crippen LogP contribution in [0.1, 0.15) is 30.1 Å². The summed E-state index contributed by atoms with van der Waals surface area (Å²) in [5, 5.41) is 3.67. The summed E-state index contributed by atoms with van der Waals surface area (Å²) in [4.78, 5) is 0. The quantitative estimate of drug-likeness (QED) is 0.865. The van der Waals surface area contributed by atoms with Crippen LogP contribution in [0.5, 0.6) is 5.75 Å². The van der Waals surface area contributed by atoms with Crippen molar-refractivity contribution in [3.8, 4) is 5.75 Å². The Morgan fingerprint density at radius 1 is 1.33 bits per heavy atom. The Morgan fingerprint density at radius 2 is 2.22 bits per heavy atom. The largest absolute Gasteiger partial charge is 0.497 e. The Labute approximate surface area is 107 Å². The van der Waals surface area contributed by atoms with Gasteiger partial charge in [0.2, 0.25) is 0 Å². The van der Waals surface area contributed by atoms with E-state index in [9.17, 15) is 0 Å². The highest BCUT2D eigenvalue weighted by Crippen LogP contribution is 2.43. The molecule has 0 bridgehead atoms. The van der Waals surface area contributed by atoms with Gasteiger partial charge in [-0.25, -0.2) is 0 Å². The predicted octanol–water partition coefficient (Wildman–Crippen LogP) is 2.06. The first kappa shape index (κ1) is 10.8. The van der Waals surface area contributed by atoms with Crippen molar-refractivity contribution in [3.63, 3.8) is 0 Å². The van der Waals surface area contributed by atoms with Crippen molar-refractivity contribution >= 4 is 0 Å². The van der Waals surface area contributed by atoms with Crippen molar-refractivity contribution < 1.29 is 9.47 Å². The van der Waals surface area contributed by atoms with Gasteiger partial charge in [-0.2, -0.15) is 0 Å². The van der Waals surface area contributed by atoms with E-state index in [4.69, 9.17) is 9.47 Å². The standard InChI is InChI=1S/C15H19NO2/c1-17-11-5-4-10-6-13-15(12(10)7-11)18-14(8-16-13)9-2-3-9/h4-5,7,9,13-16H,2-3,6,8H2,1H3. The Bertz CT molecular complexity index is 470. The zero-order valence-electron chi connectivity index (χ0n) is 10.7. The molecule has 96 valence electrons. The highest BCUT2D eigenvalue weighted by molar-refractivity contribution is 5.42. The number of hydrogen-bond donors (Lipinski definition) is 1. The smallest absolute Gasteiger partial charge is 0.119 e. The van der Waals surface area contributed by atoms with Crippen LogP contribution in [0.3, 0.4) is 0 Å². The normalized spacial score (nSPS) is 33.9. The van der Waals surface area contributed by atoms with Crippen molar-refractivity contribution in [3.05, 3.63) is 29.3 Å². The summed E-state index contributed by atoms with van der Waals surface area (Å²) in [6.45, 7) is 1.02. The highest BCUT2D eigenvalue weighted by atomic mass is 16.5. The van der Waals surface area contributed by atoms with E-state index in [2.05, 4.69) is 23.5 Å². The molecule has 1 aromatic rings. The molecular weight excluding hydrogens is 226 g/mol. The van der Waals surface area contributed by atoms with Crippen LogP contribution in [0.2, 0.25) is 0 Å². The lowest BCUT2D eigenvalue weighted by Gasteiger charge is -2.34. The van der Waals surface area contributed by atoms with E-state index in [0.717, 1.165) is 24.6 Å². The van der Waals surface area contributed by atoms with E-state index in [1.54, 1.807) is 7.11 Å². The minimum Gasteiger partial charge on any atom is -0.497 e. The SMILES string of the molecule is COc1ccc2c(c1)C1OC(C3CC3)CNC1C2. The summed E-state index contributed by atoms with van der Waals surface area (Å²) in [5.41, 5.74) is 2.74. The molecule has 0 spiro atoms. The molecule has 1 N–H and O–H groups in total. The lowest BCUT2D eigenvalue weighted by Crippen LogP contribution is -2.47. The third kappa shape index (κ3) is 1.65. The average molecular weight is 245 g/mol. The molecule has 0 aromatic heterocycles. The fourth-order valence-electron chi connectivity index (χ4n) is 3.31. The third-order valence-electron chi connectivity index (χ3n) is 4.52. The molecule has 2 fully saturated rings. The molecule has 1 aromatic carbocycles. The Kier molecular flexibility index (Phi) is 2.39. The first-order valence-corrected chi connectivity index (χ1v) is 6.91. The maximum absolute atomic E-state index is 6.34. The van der Waals surface area contributed by atoms with E-state index in [1.165, 1.54) is 24.0 Å². The van der Waals surface area contributed by atoms with Gasteiger partial charge in [0, 0.05) is 12.6 Å². The second-order valence-corrected chi connectivity index (χ2v) is 5.72. The Morgan fingerprint density at radius 3 is 3.00 bits per heavy atom. The van der Waals surface area contributed by atoms with E-state index < -0.39 is 0 Å². The second-order valence-electron chi connectivity index (χ2n) is 5.72. The van der Waals surface area contributed by atoms with Gasteiger partial charge in [-0.05, 0) is 48.4 Å². The van der Waals surface area contributed by atoms with Gasteiger partial charge in [-0.1, -0.05) is 6.07 Å². The van der Waals surface area contributed by atoms with Crippen molar-refractivity contribution in [2.45, 2.75) is 37.5 Å². The van der Waals surface area contributed by atoms with Gasteiger partial charge in [0.1, 0.15) is 5.75 Å².